The molecule has 0 bridgehead atoms. The second-order valence-corrected chi connectivity index (χ2v) is 5.93. The van der Waals surface area contributed by atoms with E-state index in [1.54, 1.807) is 0 Å². The molecule has 0 saturated carbocycles. The van der Waals surface area contributed by atoms with Crippen LogP contribution in [0.4, 0.5) is 0 Å². The van der Waals surface area contributed by atoms with Crippen molar-refractivity contribution < 1.29 is 4.79 Å². The molecule has 2 heteroatoms. The summed E-state index contributed by atoms with van der Waals surface area (Å²) in [7, 11) is 4.18. The van der Waals surface area contributed by atoms with Gasteiger partial charge in [-0.25, -0.2) is 0 Å². The van der Waals surface area contributed by atoms with Gasteiger partial charge in [-0.1, -0.05) is 54.6 Å². The first-order valence-corrected chi connectivity index (χ1v) is 7.73. The summed E-state index contributed by atoms with van der Waals surface area (Å²) in [6, 6.07) is 16.4. The number of allylic oxidation sites excluding steroid dienone is 1. The number of ketones is 1. The Bertz CT molecular complexity index is 728. The number of Topliss-reactive ketones (excluding diaryl/α,β-unsaturated/α-hetero) is 1. The fourth-order valence-electron chi connectivity index (χ4n) is 3.08. The maximum absolute atomic E-state index is 11.1. The third kappa shape index (κ3) is 2.82. The predicted octanol–water partition coefficient (Wildman–Crippen LogP) is 3.96. The zero-order chi connectivity index (χ0) is 15.5. The van der Waals surface area contributed by atoms with Crippen LogP contribution in [-0.2, 0) is 12.8 Å². The van der Waals surface area contributed by atoms with Crippen molar-refractivity contribution in [3.05, 3.63) is 76.9 Å². The van der Waals surface area contributed by atoms with Crippen LogP contribution in [0.5, 0.6) is 0 Å². The fourth-order valence-corrected chi connectivity index (χ4v) is 3.08. The molecule has 2 aliphatic carbocycles. The van der Waals surface area contributed by atoms with Gasteiger partial charge in [-0.3, -0.25) is 4.79 Å². The van der Waals surface area contributed by atoms with E-state index in [1.165, 1.54) is 22.4 Å². The number of carbonyl (C=O) groups excluding carboxylic acids is 1. The van der Waals surface area contributed by atoms with E-state index in [-0.39, 0.29) is 0 Å². The smallest absolute Gasteiger partial charge is 0.163 e. The van der Waals surface area contributed by atoms with Gasteiger partial charge in [-0.15, -0.1) is 0 Å². The van der Waals surface area contributed by atoms with Gasteiger partial charge in [-0.05, 0) is 24.0 Å². The number of nitrogens with zero attached hydrogens (tertiary/aromatic N) is 1. The molecule has 22 heavy (non-hydrogen) atoms. The minimum atomic E-state index is 0.301. The van der Waals surface area contributed by atoms with Crippen molar-refractivity contribution in [3.63, 3.8) is 0 Å². The van der Waals surface area contributed by atoms with Crippen LogP contribution in [0.2, 0.25) is 0 Å². The monoisotopic (exact) mass is 291 g/mol. The Morgan fingerprint density at radius 2 is 1.45 bits per heavy atom. The fraction of sp³-hybridized carbons (Fsp3) is 0.250. The predicted molar refractivity (Wildman–Crippen MR) is 90.9 cm³/mol. The molecule has 0 fully saturated rings. The molecule has 2 nitrogen and oxygen atoms in total. The second kappa shape index (κ2) is 6.18. The lowest BCUT2D eigenvalue weighted by Crippen LogP contribution is -2.08. The Kier molecular flexibility index (Phi) is 4.10. The average molecular weight is 291 g/mol. The van der Waals surface area contributed by atoms with Crippen molar-refractivity contribution in [1.29, 1.82) is 0 Å². The Hall–Kier alpha value is -2.35. The van der Waals surface area contributed by atoms with E-state index in [9.17, 15) is 4.79 Å². The van der Waals surface area contributed by atoms with Crippen molar-refractivity contribution in [2.24, 2.45) is 0 Å². The van der Waals surface area contributed by atoms with Crippen LogP contribution in [0.1, 0.15) is 33.5 Å². The summed E-state index contributed by atoms with van der Waals surface area (Å²) in [6.45, 7) is 0. The van der Waals surface area contributed by atoms with E-state index in [2.05, 4.69) is 49.3 Å². The molecule has 0 atom stereocenters. The molecule has 0 aromatic heterocycles. The highest BCUT2D eigenvalue weighted by molar-refractivity contribution is 6.00. The highest BCUT2D eigenvalue weighted by Gasteiger charge is 2.17. The molecule has 0 saturated heterocycles. The zero-order valence-electron chi connectivity index (χ0n) is 13.2. The van der Waals surface area contributed by atoms with Crippen LogP contribution in [-0.4, -0.2) is 24.8 Å². The number of hydrogen-bond donors (Lipinski definition) is 0. The highest BCUT2D eigenvalue weighted by Crippen LogP contribution is 2.27. The maximum Gasteiger partial charge on any atom is 0.163 e. The third-order valence-electron chi connectivity index (χ3n) is 4.23. The SMILES string of the molecule is CN(C)C1=CCc2ccccc21.O=C1CCc2ccccc21. The van der Waals surface area contributed by atoms with Crippen LogP contribution >= 0.6 is 0 Å². The summed E-state index contributed by atoms with van der Waals surface area (Å²) in [5.41, 5.74) is 6.34. The van der Waals surface area contributed by atoms with Gasteiger partial charge in [0.1, 0.15) is 0 Å². The summed E-state index contributed by atoms with van der Waals surface area (Å²) in [4.78, 5) is 13.2. The Morgan fingerprint density at radius 3 is 2.14 bits per heavy atom. The first-order chi connectivity index (χ1) is 10.7. The summed E-state index contributed by atoms with van der Waals surface area (Å²) in [6.07, 6.45) is 5.02. The van der Waals surface area contributed by atoms with E-state index in [1.807, 2.05) is 24.3 Å². The number of benzene rings is 2. The molecule has 0 unspecified atom stereocenters. The summed E-state index contributed by atoms with van der Waals surface area (Å²) in [5, 5.41) is 0. The topological polar surface area (TPSA) is 20.3 Å². The minimum absolute atomic E-state index is 0.301. The molecular weight excluding hydrogens is 270 g/mol. The van der Waals surface area contributed by atoms with Crippen molar-refractivity contribution in [2.45, 2.75) is 19.3 Å². The number of rotatable bonds is 1. The number of aryl methyl sites for hydroxylation is 1. The lowest BCUT2D eigenvalue weighted by atomic mass is 10.1. The van der Waals surface area contributed by atoms with Gasteiger partial charge in [-0.2, -0.15) is 0 Å². The number of carbonyl (C=O) groups is 1. The summed E-state index contributed by atoms with van der Waals surface area (Å²) < 4.78 is 0. The van der Waals surface area contributed by atoms with E-state index >= 15 is 0 Å². The maximum atomic E-state index is 11.1. The molecule has 2 aliphatic rings. The highest BCUT2D eigenvalue weighted by atomic mass is 16.1. The quantitative estimate of drug-likeness (QED) is 0.792. The lowest BCUT2D eigenvalue weighted by Gasteiger charge is -2.14. The van der Waals surface area contributed by atoms with Crippen molar-refractivity contribution in [2.75, 3.05) is 14.1 Å². The molecule has 112 valence electrons. The van der Waals surface area contributed by atoms with Gasteiger partial charge >= 0.3 is 0 Å². The first-order valence-electron chi connectivity index (χ1n) is 7.73. The van der Waals surface area contributed by atoms with Gasteiger partial charge in [0.25, 0.3) is 0 Å². The second-order valence-electron chi connectivity index (χ2n) is 5.93. The van der Waals surface area contributed by atoms with E-state index in [4.69, 9.17) is 0 Å². The molecule has 0 heterocycles. The van der Waals surface area contributed by atoms with Crippen molar-refractivity contribution in [1.82, 2.24) is 4.90 Å². The van der Waals surface area contributed by atoms with Gasteiger partial charge in [0, 0.05) is 37.3 Å². The standard InChI is InChI=1S/C11H13N.C9H8O/c1-12(2)11-8-7-9-5-3-4-6-10(9)11;10-9-6-5-7-3-1-2-4-8(7)9/h3-6,8H,7H2,1-2H3;1-4H,5-6H2. The zero-order valence-corrected chi connectivity index (χ0v) is 13.2. The molecular formula is C20H21NO. The van der Waals surface area contributed by atoms with E-state index in [0.717, 1.165) is 18.4 Å². The first kappa shape index (κ1) is 14.6. The van der Waals surface area contributed by atoms with Crippen molar-refractivity contribution >= 4 is 11.5 Å². The van der Waals surface area contributed by atoms with Crippen LogP contribution in [0.15, 0.2) is 54.6 Å². The minimum Gasteiger partial charge on any atom is -0.377 e. The van der Waals surface area contributed by atoms with Gasteiger partial charge < -0.3 is 4.90 Å². The van der Waals surface area contributed by atoms with Crippen LogP contribution < -0.4 is 0 Å². The van der Waals surface area contributed by atoms with Crippen LogP contribution in [0.3, 0.4) is 0 Å². The van der Waals surface area contributed by atoms with Crippen LogP contribution in [0.25, 0.3) is 5.70 Å². The number of fused-ring (bicyclic) bond motifs is 2. The van der Waals surface area contributed by atoms with Gasteiger partial charge in [0.05, 0.1) is 0 Å². The largest absolute Gasteiger partial charge is 0.377 e. The third-order valence-corrected chi connectivity index (χ3v) is 4.23. The Balaban J connectivity index is 0.000000133. The Morgan fingerprint density at radius 1 is 0.818 bits per heavy atom. The van der Waals surface area contributed by atoms with Crippen molar-refractivity contribution in [3.8, 4) is 0 Å². The Labute approximate surface area is 132 Å². The molecule has 0 aliphatic heterocycles. The molecule has 0 N–H and O–H groups in total. The molecule has 4 rings (SSSR count). The summed E-state index contributed by atoms with van der Waals surface area (Å²) >= 11 is 0. The molecule has 0 radical (unpaired) electrons. The molecule has 0 amide bonds. The normalized spacial score (nSPS) is 14.6. The molecule has 2 aromatic carbocycles. The van der Waals surface area contributed by atoms with Gasteiger partial charge in [0.2, 0.25) is 0 Å². The molecule has 2 aromatic rings. The average Bonchev–Trinajstić information content (AvgIpc) is 3.13. The summed E-state index contributed by atoms with van der Waals surface area (Å²) in [5.74, 6) is 0.301. The van der Waals surface area contributed by atoms with E-state index in [0.29, 0.717) is 12.2 Å². The number of hydrogen-bond acceptors (Lipinski definition) is 2. The molecule has 0 spiro atoms. The van der Waals surface area contributed by atoms with Gasteiger partial charge in [0.15, 0.2) is 5.78 Å². The van der Waals surface area contributed by atoms with Crippen LogP contribution in [0, 0.1) is 0 Å². The lowest BCUT2D eigenvalue weighted by molar-refractivity contribution is 0.0994. The van der Waals surface area contributed by atoms with E-state index < -0.39 is 0 Å².